The highest BCUT2D eigenvalue weighted by Gasteiger charge is 2.32. The molecule has 27 heavy (non-hydrogen) atoms. The molecule has 1 fully saturated rings. The number of piperazine rings is 1. The Morgan fingerprint density at radius 2 is 2.11 bits per heavy atom. The van der Waals surface area contributed by atoms with E-state index in [1.165, 1.54) is 0 Å². The number of nitrogens with one attached hydrogen (secondary N) is 1. The number of hydrogen-bond donors (Lipinski definition) is 2. The van der Waals surface area contributed by atoms with E-state index in [-0.39, 0.29) is 0 Å². The van der Waals surface area contributed by atoms with Gasteiger partial charge in [-0.05, 0) is 25.1 Å². The number of carboxylic acids is 1. The summed E-state index contributed by atoms with van der Waals surface area (Å²) in [4.78, 5) is 19.6. The molecule has 0 bridgehead atoms. The van der Waals surface area contributed by atoms with E-state index in [0.717, 1.165) is 45.4 Å². The van der Waals surface area contributed by atoms with Gasteiger partial charge in [-0.15, -0.1) is 0 Å². The van der Waals surface area contributed by atoms with Crippen LogP contribution in [0.3, 0.4) is 0 Å². The lowest BCUT2D eigenvalue weighted by Gasteiger charge is -2.37. The van der Waals surface area contributed by atoms with Crippen LogP contribution in [0, 0.1) is 6.92 Å². The third-order valence-electron chi connectivity index (χ3n) is 5.10. The summed E-state index contributed by atoms with van der Waals surface area (Å²) in [6, 6.07) is 5.19. The van der Waals surface area contributed by atoms with Crippen molar-refractivity contribution in [2.45, 2.75) is 19.5 Å². The molecule has 1 aliphatic heterocycles. The second-order valence-electron chi connectivity index (χ2n) is 6.78. The lowest BCUT2D eigenvalue weighted by Crippen LogP contribution is -2.48. The van der Waals surface area contributed by atoms with E-state index in [2.05, 4.69) is 36.1 Å². The van der Waals surface area contributed by atoms with Gasteiger partial charge in [-0.1, -0.05) is 26.2 Å². The minimum absolute atomic E-state index is 0.668. The van der Waals surface area contributed by atoms with E-state index in [1.54, 1.807) is 0 Å². The van der Waals surface area contributed by atoms with Crippen LogP contribution in [0.15, 0.2) is 33.5 Å². The molecule has 0 aliphatic carbocycles. The molecule has 2 N–H and O–H groups in total. The van der Waals surface area contributed by atoms with Gasteiger partial charge in [0, 0.05) is 59.9 Å². The van der Waals surface area contributed by atoms with Crippen molar-refractivity contribution in [1.82, 2.24) is 25.1 Å². The summed E-state index contributed by atoms with van der Waals surface area (Å²) >= 11 is 3.48. The van der Waals surface area contributed by atoms with Gasteiger partial charge in [0.05, 0.1) is 0 Å². The third-order valence-corrected chi connectivity index (χ3v) is 5.59. The molecule has 8 nitrogen and oxygen atoms in total. The van der Waals surface area contributed by atoms with Gasteiger partial charge in [-0.25, -0.2) is 4.63 Å². The van der Waals surface area contributed by atoms with Gasteiger partial charge in [0.15, 0.2) is 0 Å². The van der Waals surface area contributed by atoms with Crippen LogP contribution in [0.25, 0.3) is 10.9 Å². The van der Waals surface area contributed by atoms with Crippen LogP contribution >= 0.6 is 15.9 Å². The molecule has 0 saturated carbocycles. The predicted octanol–water partition coefficient (Wildman–Crippen LogP) is 2.57. The molecule has 4 rings (SSSR count). The van der Waals surface area contributed by atoms with E-state index in [9.17, 15) is 9.90 Å². The minimum Gasteiger partial charge on any atom is -0.480 e. The molecule has 9 heteroatoms. The Hall–Kier alpha value is -2.23. The van der Waals surface area contributed by atoms with Gasteiger partial charge >= 0.3 is 5.97 Å². The summed E-state index contributed by atoms with van der Waals surface area (Å²) in [7, 11) is 0. The fourth-order valence-electron chi connectivity index (χ4n) is 3.61. The number of nitrogens with zero attached hydrogens (tertiary/aromatic N) is 4. The Morgan fingerprint density at radius 1 is 1.33 bits per heavy atom. The van der Waals surface area contributed by atoms with Gasteiger partial charge in [-0.2, -0.15) is 0 Å². The van der Waals surface area contributed by atoms with Crippen LogP contribution < -0.4 is 0 Å². The summed E-state index contributed by atoms with van der Waals surface area (Å²) in [5, 5.41) is 18.6. The summed E-state index contributed by atoms with van der Waals surface area (Å²) in [6.45, 7) is 5.41. The van der Waals surface area contributed by atoms with Crippen LogP contribution in [-0.2, 0) is 11.3 Å². The molecule has 0 spiro atoms. The number of benzene rings is 1. The third kappa shape index (κ3) is 3.62. The van der Waals surface area contributed by atoms with E-state index < -0.39 is 12.0 Å². The van der Waals surface area contributed by atoms with E-state index >= 15 is 0 Å². The van der Waals surface area contributed by atoms with Crippen molar-refractivity contribution in [3.8, 4) is 0 Å². The van der Waals surface area contributed by atoms with Gasteiger partial charge in [0.2, 0.25) is 0 Å². The smallest absolute Gasteiger partial charge is 0.325 e. The average Bonchev–Trinajstić information content (AvgIpc) is 3.23. The van der Waals surface area contributed by atoms with Gasteiger partial charge < -0.3 is 10.1 Å². The SMILES string of the molecule is Cc1nonc1CN1CCN(C(C(=O)O)c2c[nH]c3ccc(Br)cc23)CC1. The van der Waals surface area contributed by atoms with Crippen LogP contribution in [-0.4, -0.2) is 62.4 Å². The summed E-state index contributed by atoms with van der Waals surface area (Å²) < 4.78 is 5.69. The number of aromatic nitrogens is 3. The van der Waals surface area contributed by atoms with Crippen molar-refractivity contribution in [3.05, 3.63) is 45.8 Å². The normalized spacial score (nSPS) is 17.4. The number of rotatable bonds is 5. The topological polar surface area (TPSA) is 98.5 Å². The molecular formula is C18H20BrN5O3. The molecule has 0 amide bonds. The second-order valence-corrected chi connectivity index (χ2v) is 7.70. The Labute approximate surface area is 164 Å². The van der Waals surface area contributed by atoms with Crippen LogP contribution in [0.2, 0.25) is 0 Å². The van der Waals surface area contributed by atoms with Gasteiger partial charge in [-0.3, -0.25) is 14.6 Å². The maximum absolute atomic E-state index is 12.1. The highest BCUT2D eigenvalue weighted by molar-refractivity contribution is 9.10. The first kappa shape index (κ1) is 18.1. The summed E-state index contributed by atoms with van der Waals surface area (Å²) in [5.74, 6) is -0.833. The molecule has 1 unspecified atom stereocenters. The zero-order chi connectivity index (χ0) is 19.0. The maximum atomic E-state index is 12.1. The molecule has 1 aliphatic rings. The predicted molar refractivity (Wildman–Crippen MR) is 102 cm³/mol. The van der Waals surface area contributed by atoms with E-state index in [0.29, 0.717) is 19.6 Å². The van der Waals surface area contributed by atoms with Crippen molar-refractivity contribution in [2.75, 3.05) is 26.2 Å². The highest BCUT2D eigenvalue weighted by atomic mass is 79.9. The number of aryl methyl sites for hydroxylation is 1. The standard InChI is InChI=1S/C18H20BrN5O3/c1-11-16(22-27-21-11)10-23-4-6-24(7-5-23)17(18(25)26)14-9-20-15-3-2-12(19)8-13(14)15/h2-3,8-9,17,20H,4-7,10H2,1H3,(H,25,26). The monoisotopic (exact) mass is 433 g/mol. The number of fused-ring (bicyclic) bond motifs is 1. The quantitative estimate of drug-likeness (QED) is 0.637. The Morgan fingerprint density at radius 3 is 2.78 bits per heavy atom. The van der Waals surface area contributed by atoms with Crippen molar-refractivity contribution in [1.29, 1.82) is 0 Å². The second kappa shape index (κ2) is 7.41. The average molecular weight is 434 g/mol. The first-order valence-electron chi connectivity index (χ1n) is 8.76. The fourth-order valence-corrected chi connectivity index (χ4v) is 3.97. The lowest BCUT2D eigenvalue weighted by atomic mass is 10.0. The van der Waals surface area contributed by atoms with E-state index in [1.807, 2.05) is 36.2 Å². The molecule has 1 atom stereocenters. The van der Waals surface area contributed by atoms with E-state index in [4.69, 9.17) is 4.63 Å². The largest absolute Gasteiger partial charge is 0.480 e. The molecule has 3 aromatic rings. The van der Waals surface area contributed by atoms with Crippen molar-refractivity contribution >= 4 is 32.8 Å². The molecule has 3 heterocycles. The highest BCUT2D eigenvalue weighted by Crippen LogP contribution is 2.31. The Balaban J connectivity index is 1.51. The van der Waals surface area contributed by atoms with Crippen LogP contribution in [0.4, 0.5) is 0 Å². The van der Waals surface area contributed by atoms with Crippen molar-refractivity contribution in [2.24, 2.45) is 0 Å². The number of carboxylic acid groups (broad SMARTS) is 1. The number of carbonyl (C=O) groups is 1. The Kier molecular flexibility index (Phi) is 4.98. The zero-order valence-corrected chi connectivity index (χ0v) is 16.4. The molecule has 142 valence electrons. The fraction of sp³-hybridized carbons (Fsp3) is 0.389. The molecule has 1 aromatic carbocycles. The summed E-state index contributed by atoms with van der Waals surface area (Å²) in [6.07, 6.45) is 1.81. The zero-order valence-electron chi connectivity index (χ0n) is 14.9. The van der Waals surface area contributed by atoms with Crippen molar-refractivity contribution < 1.29 is 14.5 Å². The number of aromatic amines is 1. The maximum Gasteiger partial charge on any atom is 0.325 e. The summed E-state index contributed by atoms with van der Waals surface area (Å²) in [5.41, 5.74) is 3.36. The number of H-pyrrole nitrogens is 1. The molecule has 0 radical (unpaired) electrons. The van der Waals surface area contributed by atoms with Crippen molar-refractivity contribution in [3.63, 3.8) is 0 Å². The first-order valence-corrected chi connectivity index (χ1v) is 9.56. The first-order chi connectivity index (χ1) is 13.0. The number of hydrogen-bond acceptors (Lipinski definition) is 6. The number of halogens is 1. The molecule has 2 aromatic heterocycles. The molecule has 1 saturated heterocycles. The minimum atomic E-state index is -0.833. The number of aliphatic carboxylic acids is 1. The van der Waals surface area contributed by atoms with Crippen LogP contribution in [0.5, 0.6) is 0 Å². The van der Waals surface area contributed by atoms with Gasteiger partial charge in [0.25, 0.3) is 0 Å². The Bertz CT molecular complexity index is 961. The lowest BCUT2D eigenvalue weighted by molar-refractivity contribution is -0.144. The molecular weight excluding hydrogens is 414 g/mol. The van der Waals surface area contributed by atoms with Gasteiger partial charge in [0.1, 0.15) is 17.4 Å². The van der Waals surface area contributed by atoms with Crippen LogP contribution in [0.1, 0.15) is 23.0 Å².